The summed E-state index contributed by atoms with van der Waals surface area (Å²) in [6.07, 6.45) is 2.69. The summed E-state index contributed by atoms with van der Waals surface area (Å²) >= 11 is 1.51. The van der Waals surface area contributed by atoms with Gasteiger partial charge in [0.15, 0.2) is 5.78 Å². The van der Waals surface area contributed by atoms with Crippen LogP contribution in [0.2, 0.25) is 0 Å². The topological polar surface area (TPSA) is 61.1 Å². The van der Waals surface area contributed by atoms with Crippen LogP contribution in [0.15, 0.2) is 59.5 Å². The van der Waals surface area contributed by atoms with Crippen LogP contribution in [-0.2, 0) is 0 Å². The fourth-order valence-electron chi connectivity index (χ4n) is 2.41. The van der Waals surface area contributed by atoms with Gasteiger partial charge < -0.3 is 5.11 Å². The largest absolute Gasteiger partial charge is 0.508 e. The number of aromatic hydroxyl groups is 1. The number of nitriles is 1. The van der Waals surface area contributed by atoms with Crippen molar-refractivity contribution in [1.82, 2.24) is 0 Å². The van der Waals surface area contributed by atoms with Gasteiger partial charge in [-0.3, -0.25) is 4.79 Å². The number of nitrogens with zero attached hydrogens (tertiary/aromatic N) is 1. The zero-order valence-electron chi connectivity index (χ0n) is 11.7. The molecule has 0 amide bonds. The molecule has 2 aromatic carbocycles. The maximum atomic E-state index is 12.4. The van der Waals surface area contributed by atoms with Crippen LogP contribution in [0.3, 0.4) is 0 Å². The van der Waals surface area contributed by atoms with Crippen LogP contribution >= 0.6 is 11.8 Å². The highest BCUT2D eigenvalue weighted by atomic mass is 32.2. The quantitative estimate of drug-likeness (QED) is 0.863. The van der Waals surface area contributed by atoms with Crippen molar-refractivity contribution in [3.8, 4) is 11.8 Å². The van der Waals surface area contributed by atoms with Gasteiger partial charge in [-0.2, -0.15) is 5.26 Å². The second-order valence-corrected chi connectivity index (χ2v) is 6.27. The number of phenols is 1. The van der Waals surface area contributed by atoms with Gasteiger partial charge in [0, 0.05) is 10.8 Å². The summed E-state index contributed by atoms with van der Waals surface area (Å²) in [7, 11) is 0. The van der Waals surface area contributed by atoms with Crippen LogP contribution in [0.4, 0.5) is 0 Å². The summed E-state index contributed by atoms with van der Waals surface area (Å²) in [6, 6.07) is 16.0. The van der Waals surface area contributed by atoms with Gasteiger partial charge in [0.1, 0.15) is 5.75 Å². The molecule has 4 heteroatoms. The minimum absolute atomic E-state index is 0.0696. The van der Waals surface area contributed by atoms with Gasteiger partial charge in [0.05, 0.1) is 16.5 Å². The van der Waals surface area contributed by atoms with E-state index in [9.17, 15) is 9.90 Å². The molecule has 0 saturated heterocycles. The first kappa shape index (κ1) is 14.4. The molecule has 0 spiro atoms. The average Bonchev–Trinajstić information content (AvgIpc) is 3.04. The molecule has 3 nitrogen and oxygen atoms in total. The van der Waals surface area contributed by atoms with E-state index in [1.165, 1.54) is 17.8 Å². The van der Waals surface area contributed by atoms with E-state index in [2.05, 4.69) is 6.07 Å². The van der Waals surface area contributed by atoms with E-state index in [1.54, 1.807) is 24.3 Å². The number of phenolic OH excluding ortho intramolecular Hbond substituents is 1. The van der Waals surface area contributed by atoms with Gasteiger partial charge in [-0.1, -0.05) is 30.3 Å². The van der Waals surface area contributed by atoms with Crippen LogP contribution in [0.1, 0.15) is 33.2 Å². The molecule has 0 aromatic heterocycles. The van der Waals surface area contributed by atoms with E-state index in [-0.39, 0.29) is 16.8 Å². The van der Waals surface area contributed by atoms with Gasteiger partial charge >= 0.3 is 0 Å². The fraction of sp³-hybridized carbons (Fsp3) is 0.111. The molecule has 1 aliphatic rings. The average molecular weight is 307 g/mol. The van der Waals surface area contributed by atoms with Crippen LogP contribution in [0, 0.1) is 11.3 Å². The molecule has 1 unspecified atom stereocenters. The molecular formula is C18H13NO2S. The van der Waals surface area contributed by atoms with Gasteiger partial charge in [-0.05, 0) is 36.2 Å². The molecule has 0 radical (unpaired) electrons. The van der Waals surface area contributed by atoms with Gasteiger partial charge in [0.2, 0.25) is 0 Å². The molecule has 108 valence electrons. The highest BCUT2D eigenvalue weighted by molar-refractivity contribution is 8.04. The number of benzene rings is 2. The molecule has 0 fully saturated rings. The van der Waals surface area contributed by atoms with Gasteiger partial charge in [0.25, 0.3) is 0 Å². The Hall–Kier alpha value is -2.51. The lowest BCUT2D eigenvalue weighted by molar-refractivity contribution is 0.104. The third-order valence-electron chi connectivity index (χ3n) is 3.51. The van der Waals surface area contributed by atoms with E-state index >= 15 is 0 Å². The standard InChI is InChI=1S/C18H13NO2S/c19-11-12-3-1-4-13(9-12)16-7-8-17(22-16)18(21)14-5-2-6-15(20)10-14/h1-6,8-10,16,20H,7H2. The highest BCUT2D eigenvalue weighted by Gasteiger charge is 2.25. The zero-order valence-corrected chi connectivity index (χ0v) is 12.5. The van der Waals surface area contributed by atoms with E-state index in [0.29, 0.717) is 16.0 Å². The summed E-state index contributed by atoms with van der Waals surface area (Å²) in [5.74, 6) is 0.0209. The van der Waals surface area contributed by atoms with Crippen molar-refractivity contribution < 1.29 is 9.90 Å². The minimum atomic E-state index is -0.0696. The molecule has 0 bridgehead atoms. The number of thioether (sulfide) groups is 1. The van der Waals surface area contributed by atoms with Crippen LogP contribution in [0.25, 0.3) is 0 Å². The fourth-order valence-corrected chi connectivity index (χ4v) is 3.61. The number of ketones is 1. The second kappa shape index (κ2) is 6.08. The van der Waals surface area contributed by atoms with Crippen molar-refractivity contribution in [2.75, 3.05) is 0 Å². The first-order chi connectivity index (χ1) is 10.7. The maximum absolute atomic E-state index is 12.4. The normalized spacial score (nSPS) is 16.9. The first-order valence-corrected chi connectivity index (χ1v) is 7.76. The predicted octanol–water partition coefficient (Wildman–Crippen LogP) is 4.21. The van der Waals surface area contributed by atoms with Crippen LogP contribution in [0.5, 0.6) is 5.75 Å². The number of carbonyl (C=O) groups excluding carboxylic acids is 1. The van der Waals surface area contributed by atoms with E-state index in [4.69, 9.17) is 5.26 Å². The third-order valence-corrected chi connectivity index (χ3v) is 4.86. The molecule has 1 atom stereocenters. The first-order valence-electron chi connectivity index (χ1n) is 6.88. The number of hydrogen-bond acceptors (Lipinski definition) is 4. The van der Waals surface area contributed by atoms with Crippen molar-refractivity contribution >= 4 is 17.5 Å². The Balaban J connectivity index is 1.77. The molecule has 1 aliphatic heterocycles. The number of carbonyl (C=O) groups is 1. The van der Waals surface area contributed by atoms with Crippen LogP contribution < -0.4 is 0 Å². The molecule has 1 N–H and O–H groups in total. The minimum Gasteiger partial charge on any atom is -0.508 e. The van der Waals surface area contributed by atoms with Crippen molar-refractivity contribution in [3.63, 3.8) is 0 Å². The smallest absolute Gasteiger partial charge is 0.199 e. The molecule has 0 saturated carbocycles. The molecule has 1 heterocycles. The third kappa shape index (κ3) is 2.90. The summed E-state index contributed by atoms with van der Waals surface area (Å²) in [4.78, 5) is 13.1. The SMILES string of the molecule is N#Cc1cccc(C2CC=C(C(=O)c3cccc(O)c3)S2)c1. The zero-order chi connectivity index (χ0) is 15.5. The predicted molar refractivity (Wildman–Crippen MR) is 86.6 cm³/mol. The number of rotatable bonds is 3. The maximum Gasteiger partial charge on any atom is 0.199 e. The molecule has 2 aromatic rings. The van der Waals surface area contributed by atoms with E-state index in [1.807, 2.05) is 24.3 Å². The summed E-state index contributed by atoms with van der Waals surface area (Å²) in [5, 5.41) is 18.6. The number of hydrogen-bond donors (Lipinski definition) is 1. The molecule has 22 heavy (non-hydrogen) atoms. The van der Waals surface area contributed by atoms with Crippen molar-refractivity contribution in [2.24, 2.45) is 0 Å². The number of Topliss-reactive ketones (excluding diaryl/α,β-unsaturated/α-hetero) is 1. The molecular weight excluding hydrogens is 294 g/mol. The monoisotopic (exact) mass is 307 g/mol. The lowest BCUT2D eigenvalue weighted by Gasteiger charge is -2.10. The van der Waals surface area contributed by atoms with Crippen LogP contribution in [-0.4, -0.2) is 10.9 Å². The summed E-state index contributed by atoms with van der Waals surface area (Å²) < 4.78 is 0. The lowest BCUT2D eigenvalue weighted by Crippen LogP contribution is -1.99. The Bertz CT molecular complexity index is 805. The van der Waals surface area contributed by atoms with Gasteiger partial charge in [-0.25, -0.2) is 0 Å². The molecule has 3 rings (SSSR count). The number of allylic oxidation sites excluding steroid dienone is 2. The van der Waals surface area contributed by atoms with Crippen molar-refractivity contribution in [2.45, 2.75) is 11.7 Å². The summed E-state index contributed by atoms with van der Waals surface area (Å²) in [6.45, 7) is 0. The van der Waals surface area contributed by atoms with Crippen molar-refractivity contribution in [3.05, 3.63) is 76.2 Å². The lowest BCUT2D eigenvalue weighted by atomic mass is 10.1. The highest BCUT2D eigenvalue weighted by Crippen LogP contribution is 2.44. The Morgan fingerprint density at radius 1 is 1.23 bits per heavy atom. The summed E-state index contributed by atoms with van der Waals surface area (Å²) in [5.41, 5.74) is 2.18. The van der Waals surface area contributed by atoms with E-state index in [0.717, 1.165) is 12.0 Å². The Morgan fingerprint density at radius 3 is 2.82 bits per heavy atom. The Kier molecular flexibility index (Phi) is 3.99. The van der Waals surface area contributed by atoms with Crippen molar-refractivity contribution in [1.29, 1.82) is 5.26 Å². The molecule has 0 aliphatic carbocycles. The Labute approximate surface area is 132 Å². The van der Waals surface area contributed by atoms with Gasteiger partial charge in [-0.15, -0.1) is 11.8 Å². The Morgan fingerprint density at radius 2 is 2.05 bits per heavy atom. The van der Waals surface area contributed by atoms with E-state index < -0.39 is 0 Å². The second-order valence-electron chi connectivity index (χ2n) is 5.03.